The maximum Gasteiger partial charge on any atom is 0.279 e. The lowest BCUT2D eigenvalue weighted by Gasteiger charge is -2.17. The molecule has 0 bridgehead atoms. The molecule has 0 saturated carbocycles. The van der Waals surface area contributed by atoms with Crippen molar-refractivity contribution in [1.82, 2.24) is 20.1 Å². The van der Waals surface area contributed by atoms with Gasteiger partial charge in [0.15, 0.2) is 5.69 Å². The van der Waals surface area contributed by atoms with Crippen molar-refractivity contribution in [2.24, 2.45) is 0 Å². The first-order valence-corrected chi connectivity index (χ1v) is 7.20. The van der Waals surface area contributed by atoms with Crippen LogP contribution in [0.2, 0.25) is 0 Å². The lowest BCUT2D eigenvalue weighted by Crippen LogP contribution is -2.26. The Morgan fingerprint density at radius 1 is 1.33 bits per heavy atom. The third-order valence-corrected chi connectivity index (χ3v) is 3.33. The molecule has 7 nitrogen and oxygen atoms in total. The molecule has 0 fully saturated rings. The molecule has 0 atom stereocenters. The number of anilines is 1. The van der Waals surface area contributed by atoms with Gasteiger partial charge in [-0.2, -0.15) is 0 Å². The lowest BCUT2D eigenvalue weighted by molar-refractivity contribution is 0.303. The molecule has 0 aliphatic carbocycles. The molecule has 0 spiro atoms. The molecule has 0 radical (unpaired) electrons. The maximum absolute atomic E-state index is 11.9. The van der Waals surface area contributed by atoms with Crippen LogP contribution in [-0.4, -0.2) is 46.3 Å². The summed E-state index contributed by atoms with van der Waals surface area (Å²) in [5.74, 6) is 0.395. The van der Waals surface area contributed by atoms with Crippen LogP contribution >= 0.6 is 0 Å². The summed E-state index contributed by atoms with van der Waals surface area (Å²) in [5, 5.41) is 11.0. The molecule has 0 saturated heterocycles. The summed E-state index contributed by atoms with van der Waals surface area (Å²) in [6.45, 7) is 8.15. The van der Waals surface area contributed by atoms with E-state index in [1.807, 2.05) is 0 Å². The molecule has 0 aliphatic rings. The second-order valence-electron chi connectivity index (χ2n) is 4.67. The van der Waals surface area contributed by atoms with Crippen LogP contribution in [0.25, 0.3) is 11.3 Å². The molecule has 0 aromatic carbocycles. The third kappa shape index (κ3) is 4.16. The van der Waals surface area contributed by atoms with Crippen LogP contribution in [0.4, 0.5) is 5.95 Å². The number of H-pyrrole nitrogens is 1. The SMILES string of the molecule is CCN(CC)CCCNc1nnc(-c2ccoc2)c(=O)[nH]1. The van der Waals surface area contributed by atoms with Gasteiger partial charge in [-0.15, -0.1) is 10.2 Å². The van der Waals surface area contributed by atoms with Gasteiger partial charge in [0.05, 0.1) is 12.5 Å². The number of rotatable bonds is 8. The number of aromatic amines is 1. The Hall–Kier alpha value is -2.15. The Morgan fingerprint density at radius 2 is 2.14 bits per heavy atom. The number of hydrogen-bond donors (Lipinski definition) is 2. The second-order valence-corrected chi connectivity index (χ2v) is 4.67. The Morgan fingerprint density at radius 3 is 2.76 bits per heavy atom. The highest BCUT2D eigenvalue weighted by Crippen LogP contribution is 2.11. The molecule has 2 aromatic heterocycles. The van der Waals surface area contributed by atoms with Crippen molar-refractivity contribution < 1.29 is 4.42 Å². The molecular formula is C14H21N5O2. The topological polar surface area (TPSA) is 87.0 Å². The Labute approximate surface area is 123 Å². The molecule has 2 N–H and O–H groups in total. The van der Waals surface area contributed by atoms with E-state index in [2.05, 4.69) is 39.2 Å². The average molecular weight is 291 g/mol. The van der Waals surface area contributed by atoms with Gasteiger partial charge in [-0.05, 0) is 32.1 Å². The molecule has 7 heteroatoms. The van der Waals surface area contributed by atoms with Crippen LogP contribution in [0.1, 0.15) is 20.3 Å². The summed E-state index contributed by atoms with van der Waals surface area (Å²) in [5.41, 5.74) is 0.604. The molecule has 2 aromatic rings. The van der Waals surface area contributed by atoms with Crippen molar-refractivity contribution in [3.05, 3.63) is 28.9 Å². The molecule has 0 aliphatic heterocycles. The fourth-order valence-corrected chi connectivity index (χ4v) is 2.05. The predicted octanol–water partition coefficient (Wildman–Crippen LogP) is 1.57. The van der Waals surface area contributed by atoms with Gasteiger partial charge in [-0.25, -0.2) is 0 Å². The first-order valence-electron chi connectivity index (χ1n) is 7.20. The fourth-order valence-electron chi connectivity index (χ4n) is 2.05. The zero-order valence-electron chi connectivity index (χ0n) is 12.4. The van der Waals surface area contributed by atoms with Gasteiger partial charge in [0.1, 0.15) is 0 Å². The van der Waals surface area contributed by atoms with Crippen molar-refractivity contribution in [3.8, 4) is 11.3 Å². The number of aromatic nitrogens is 3. The number of hydrogen-bond acceptors (Lipinski definition) is 6. The van der Waals surface area contributed by atoms with E-state index in [-0.39, 0.29) is 11.3 Å². The van der Waals surface area contributed by atoms with Gasteiger partial charge in [-0.3, -0.25) is 9.78 Å². The van der Waals surface area contributed by atoms with Crippen molar-refractivity contribution in [2.45, 2.75) is 20.3 Å². The van der Waals surface area contributed by atoms with Gasteiger partial charge in [0, 0.05) is 12.1 Å². The zero-order valence-corrected chi connectivity index (χ0v) is 12.4. The van der Waals surface area contributed by atoms with Gasteiger partial charge < -0.3 is 14.6 Å². The molecule has 0 unspecified atom stereocenters. The van der Waals surface area contributed by atoms with Crippen LogP contribution in [0, 0.1) is 0 Å². The van der Waals surface area contributed by atoms with Crippen molar-refractivity contribution >= 4 is 5.95 Å². The van der Waals surface area contributed by atoms with Gasteiger partial charge in [0.2, 0.25) is 5.95 Å². The summed E-state index contributed by atoms with van der Waals surface area (Å²) in [7, 11) is 0. The Kier molecular flexibility index (Phi) is 5.51. The first kappa shape index (κ1) is 15.2. The summed E-state index contributed by atoms with van der Waals surface area (Å²) in [4.78, 5) is 17.0. The number of nitrogens with zero attached hydrogens (tertiary/aromatic N) is 3. The van der Waals surface area contributed by atoms with Gasteiger partial charge in [-0.1, -0.05) is 13.8 Å². The van der Waals surface area contributed by atoms with Crippen LogP contribution in [-0.2, 0) is 0 Å². The van der Waals surface area contributed by atoms with E-state index in [9.17, 15) is 4.79 Å². The largest absolute Gasteiger partial charge is 0.472 e. The normalized spacial score (nSPS) is 11.0. The van der Waals surface area contributed by atoms with Gasteiger partial charge in [0.25, 0.3) is 5.56 Å². The lowest BCUT2D eigenvalue weighted by atomic mass is 10.2. The van der Waals surface area contributed by atoms with Crippen LogP contribution in [0.15, 0.2) is 27.8 Å². The molecular weight excluding hydrogens is 270 g/mol. The number of furan rings is 1. The van der Waals surface area contributed by atoms with E-state index in [1.165, 1.54) is 12.5 Å². The standard InChI is InChI=1S/C14H21N5O2/c1-3-19(4-2)8-5-7-15-14-16-13(20)12(17-18-14)11-6-9-21-10-11/h6,9-10H,3-5,7-8H2,1-2H3,(H2,15,16,18,20). The maximum atomic E-state index is 11.9. The van der Waals surface area contributed by atoms with Gasteiger partial charge >= 0.3 is 0 Å². The molecule has 2 rings (SSSR count). The molecule has 21 heavy (non-hydrogen) atoms. The smallest absolute Gasteiger partial charge is 0.279 e. The highest BCUT2D eigenvalue weighted by Gasteiger charge is 2.08. The minimum atomic E-state index is -0.280. The van der Waals surface area contributed by atoms with E-state index < -0.39 is 0 Å². The summed E-state index contributed by atoms with van der Waals surface area (Å²) in [6, 6.07) is 1.68. The average Bonchev–Trinajstić information content (AvgIpc) is 3.01. The minimum Gasteiger partial charge on any atom is -0.472 e. The van der Waals surface area contributed by atoms with Crippen LogP contribution < -0.4 is 10.9 Å². The van der Waals surface area contributed by atoms with E-state index in [4.69, 9.17) is 4.42 Å². The Balaban J connectivity index is 1.88. The second kappa shape index (κ2) is 7.58. The Bertz CT molecular complexity index is 590. The molecule has 114 valence electrons. The summed E-state index contributed by atoms with van der Waals surface area (Å²) >= 11 is 0. The van der Waals surface area contributed by atoms with Crippen LogP contribution in [0.5, 0.6) is 0 Å². The van der Waals surface area contributed by atoms with Crippen molar-refractivity contribution in [3.63, 3.8) is 0 Å². The quantitative estimate of drug-likeness (QED) is 0.718. The summed E-state index contributed by atoms with van der Waals surface area (Å²) in [6.07, 6.45) is 3.95. The highest BCUT2D eigenvalue weighted by atomic mass is 16.3. The zero-order chi connectivity index (χ0) is 15.1. The van der Waals surface area contributed by atoms with Crippen LogP contribution in [0.3, 0.4) is 0 Å². The fraction of sp³-hybridized carbons (Fsp3) is 0.500. The highest BCUT2D eigenvalue weighted by molar-refractivity contribution is 5.55. The van der Waals surface area contributed by atoms with E-state index in [0.29, 0.717) is 11.5 Å². The van der Waals surface area contributed by atoms with E-state index in [1.54, 1.807) is 6.07 Å². The molecule has 2 heterocycles. The van der Waals surface area contributed by atoms with Crippen molar-refractivity contribution in [2.75, 3.05) is 31.5 Å². The monoisotopic (exact) mass is 291 g/mol. The van der Waals surface area contributed by atoms with E-state index >= 15 is 0 Å². The number of nitrogens with one attached hydrogen (secondary N) is 2. The minimum absolute atomic E-state index is 0.262. The van der Waals surface area contributed by atoms with E-state index in [0.717, 1.165) is 32.6 Å². The first-order chi connectivity index (χ1) is 10.2. The predicted molar refractivity (Wildman–Crippen MR) is 81.2 cm³/mol. The molecule has 0 amide bonds. The summed E-state index contributed by atoms with van der Waals surface area (Å²) < 4.78 is 4.94. The third-order valence-electron chi connectivity index (χ3n) is 3.33. The van der Waals surface area contributed by atoms with Crippen molar-refractivity contribution in [1.29, 1.82) is 0 Å².